The summed E-state index contributed by atoms with van der Waals surface area (Å²) in [6.07, 6.45) is 1.46. The number of hydrogen-bond acceptors (Lipinski definition) is 7. The average molecular weight is 458 g/mol. The predicted octanol–water partition coefficient (Wildman–Crippen LogP) is 2.95. The molecule has 3 atom stereocenters. The van der Waals surface area contributed by atoms with E-state index in [2.05, 4.69) is 19.9 Å². The van der Waals surface area contributed by atoms with E-state index in [9.17, 15) is 13.2 Å². The van der Waals surface area contributed by atoms with Crippen LogP contribution in [0.1, 0.15) is 19.3 Å². The predicted molar refractivity (Wildman–Crippen MR) is 109 cm³/mol. The minimum absolute atomic E-state index is 0.00986. The number of pyridine rings is 1. The van der Waals surface area contributed by atoms with Gasteiger partial charge in [-0.1, -0.05) is 11.6 Å². The highest BCUT2D eigenvalue weighted by Gasteiger charge is 2.49. The smallest absolute Gasteiger partial charge is 0.319 e. The van der Waals surface area contributed by atoms with Crippen LogP contribution in [-0.4, -0.2) is 83.7 Å². The van der Waals surface area contributed by atoms with E-state index in [4.69, 9.17) is 21.1 Å². The van der Waals surface area contributed by atoms with Crippen LogP contribution in [0.4, 0.5) is 19.0 Å². The highest BCUT2D eigenvalue weighted by Crippen LogP contribution is 2.40. The molecule has 1 unspecified atom stereocenters. The van der Waals surface area contributed by atoms with Gasteiger partial charge in [0.1, 0.15) is 30.3 Å². The molecule has 0 aromatic carbocycles. The van der Waals surface area contributed by atoms with Gasteiger partial charge in [-0.3, -0.25) is 4.90 Å². The molecule has 11 heteroatoms. The summed E-state index contributed by atoms with van der Waals surface area (Å²) in [6.45, 7) is 2.14. The monoisotopic (exact) mass is 457 g/mol. The first-order valence-corrected chi connectivity index (χ1v) is 10.8. The standard InChI is InChI=1S/C20H23ClF3N5O2/c21-17-15(24)16-14(7-25-17)18(28-4-5-30-10-13(23)8-28)27-19(26-16)31-11-20-2-1-3-29(20)9-12(22)6-20/h7,12-13H,1-6,8-11H2/t12-,13?,20+/m1/s1. The molecule has 0 bridgehead atoms. The largest absolute Gasteiger partial charge is 0.461 e. The number of rotatable bonds is 4. The van der Waals surface area contributed by atoms with E-state index in [0.29, 0.717) is 37.3 Å². The van der Waals surface area contributed by atoms with E-state index in [1.54, 1.807) is 4.90 Å². The van der Waals surface area contributed by atoms with Gasteiger partial charge in [0.2, 0.25) is 0 Å². The van der Waals surface area contributed by atoms with Crippen LogP contribution < -0.4 is 9.64 Å². The molecule has 3 aliphatic heterocycles. The molecule has 0 N–H and O–H groups in total. The Bertz CT molecular complexity index is 985. The molecule has 0 saturated carbocycles. The van der Waals surface area contributed by atoms with Crippen LogP contribution in [0.3, 0.4) is 0 Å². The number of hydrogen-bond donors (Lipinski definition) is 0. The topological polar surface area (TPSA) is 63.6 Å². The van der Waals surface area contributed by atoms with Gasteiger partial charge in [0.25, 0.3) is 0 Å². The van der Waals surface area contributed by atoms with Gasteiger partial charge in [-0.25, -0.2) is 18.2 Å². The maximum atomic E-state index is 14.8. The Morgan fingerprint density at radius 1 is 1.23 bits per heavy atom. The quantitative estimate of drug-likeness (QED) is 0.654. The van der Waals surface area contributed by atoms with E-state index in [1.807, 2.05) is 0 Å². The van der Waals surface area contributed by atoms with Gasteiger partial charge in [0.05, 0.1) is 30.7 Å². The lowest BCUT2D eigenvalue weighted by Crippen LogP contribution is -2.43. The van der Waals surface area contributed by atoms with Crippen molar-refractivity contribution in [2.75, 3.05) is 50.9 Å². The summed E-state index contributed by atoms with van der Waals surface area (Å²) in [7, 11) is 0. The summed E-state index contributed by atoms with van der Waals surface area (Å²) in [5.74, 6) is -0.479. The molecule has 31 heavy (non-hydrogen) atoms. The van der Waals surface area contributed by atoms with E-state index < -0.39 is 23.7 Å². The first-order valence-electron chi connectivity index (χ1n) is 10.5. The fourth-order valence-electron chi connectivity index (χ4n) is 4.91. The third-order valence-electron chi connectivity index (χ3n) is 6.35. The number of alkyl halides is 2. The van der Waals surface area contributed by atoms with Gasteiger partial charge in [0.15, 0.2) is 11.0 Å². The number of aromatic nitrogens is 3. The zero-order valence-corrected chi connectivity index (χ0v) is 17.6. The van der Waals surface area contributed by atoms with Crippen molar-refractivity contribution in [2.45, 2.75) is 37.1 Å². The second-order valence-corrected chi connectivity index (χ2v) is 8.80. The minimum atomic E-state index is -1.21. The van der Waals surface area contributed by atoms with Crippen LogP contribution in [-0.2, 0) is 4.74 Å². The average Bonchev–Trinajstić information content (AvgIpc) is 3.17. The summed E-state index contributed by atoms with van der Waals surface area (Å²) >= 11 is 5.87. The summed E-state index contributed by atoms with van der Waals surface area (Å²) in [5.41, 5.74) is -0.441. The third-order valence-corrected chi connectivity index (χ3v) is 6.62. The van der Waals surface area contributed by atoms with Crippen molar-refractivity contribution in [3.63, 3.8) is 0 Å². The van der Waals surface area contributed by atoms with Gasteiger partial charge >= 0.3 is 6.01 Å². The lowest BCUT2D eigenvalue weighted by atomic mass is 9.95. The Morgan fingerprint density at radius 3 is 2.97 bits per heavy atom. The molecular weight excluding hydrogens is 435 g/mol. The first-order chi connectivity index (χ1) is 14.9. The second kappa shape index (κ2) is 8.22. The molecule has 7 nitrogen and oxygen atoms in total. The van der Waals surface area contributed by atoms with Crippen LogP contribution in [0.25, 0.3) is 10.9 Å². The van der Waals surface area contributed by atoms with Crippen LogP contribution in [0.2, 0.25) is 5.15 Å². The van der Waals surface area contributed by atoms with E-state index in [-0.39, 0.29) is 36.4 Å². The van der Waals surface area contributed by atoms with Crippen LogP contribution in [0, 0.1) is 5.82 Å². The minimum Gasteiger partial charge on any atom is -0.461 e. The molecule has 5 rings (SSSR count). The van der Waals surface area contributed by atoms with Gasteiger partial charge in [-0.2, -0.15) is 9.97 Å². The van der Waals surface area contributed by atoms with Gasteiger partial charge in [0, 0.05) is 25.7 Å². The fraction of sp³-hybridized carbons (Fsp3) is 0.650. The van der Waals surface area contributed by atoms with E-state index >= 15 is 0 Å². The van der Waals surface area contributed by atoms with Crippen molar-refractivity contribution in [1.82, 2.24) is 19.9 Å². The molecule has 0 aliphatic carbocycles. The Kier molecular flexibility index (Phi) is 5.56. The van der Waals surface area contributed by atoms with Crippen molar-refractivity contribution in [3.05, 3.63) is 17.2 Å². The molecule has 3 fully saturated rings. The van der Waals surface area contributed by atoms with Crippen LogP contribution >= 0.6 is 11.6 Å². The molecule has 0 amide bonds. The van der Waals surface area contributed by atoms with Crippen molar-refractivity contribution < 1.29 is 22.6 Å². The molecule has 3 saturated heterocycles. The normalized spacial score (nSPS) is 29.4. The molecular formula is C20H23ClF3N5O2. The lowest BCUT2D eigenvalue weighted by molar-refractivity contribution is 0.105. The summed E-state index contributed by atoms with van der Waals surface area (Å²) in [5, 5.41) is -0.00371. The highest BCUT2D eigenvalue weighted by molar-refractivity contribution is 6.30. The highest BCUT2D eigenvalue weighted by atomic mass is 35.5. The molecule has 0 spiro atoms. The van der Waals surface area contributed by atoms with Crippen molar-refractivity contribution in [2.24, 2.45) is 0 Å². The third kappa shape index (κ3) is 3.89. The SMILES string of the molecule is Fc1c(Cl)ncc2c(N3CCOCC(F)C3)nc(OC[C@@]34CCCN3C[C@H](F)C4)nc12. The number of ether oxygens (including phenoxy) is 2. The lowest BCUT2D eigenvalue weighted by Gasteiger charge is -2.31. The summed E-state index contributed by atoms with van der Waals surface area (Å²) in [6, 6.07) is -0.0484. The Balaban J connectivity index is 1.50. The van der Waals surface area contributed by atoms with Crippen molar-refractivity contribution in [3.8, 4) is 6.01 Å². The Hall–Kier alpha value is -1.91. The van der Waals surface area contributed by atoms with Gasteiger partial charge in [-0.05, 0) is 19.4 Å². The first kappa shape index (κ1) is 21.0. The summed E-state index contributed by atoms with van der Waals surface area (Å²) < 4.78 is 54.2. The fourth-order valence-corrected chi connectivity index (χ4v) is 5.05. The number of fused-ring (bicyclic) bond motifs is 2. The second-order valence-electron chi connectivity index (χ2n) is 8.44. The van der Waals surface area contributed by atoms with Gasteiger partial charge < -0.3 is 14.4 Å². The number of anilines is 1. The van der Waals surface area contributed by atoms with Crippen molar-refractivity contribution in [1.29, 1.82) is 0 Å². The zero-order chi connectivity index (χ0) is 21.6. The number of nitrogens with zero attached hydrogens (tertiary/aromatic N) is 5. The maximum absolute atomic E-state index is 14.8. The zero-order valence-electron chi connectivity index (χ0n) is 16.9. The summed E-state index contributed by atoms with van der Waals surface area (Å²) in [4.78, 5) is 16.4. The molecule has 0 radical (unpaired) electrons. The number of halogens is 4. The van der Waals surface area contributed by atoms with E-state index in [1.165, 1.54) is 6.20 Å². The van der Waals surface area contributed by atoms with Crippen LogP contribution in [0.15, 0.2) is 6.20 Å². The maximum Gasteiger partial charge on any atom is 0.319 e. The van der Waals surface area contributed by atoms with Crippen LogP contribution in [0.5, 0.6) is 6.01 Å². The molecule has 2 aromatic heterocycles. The van der Waals surface area contributed by atoms with Gasteiger partial charge in [-0.15, -0.1) is 0 Å². The molecule has 5 heterocycles. The Morgan fingerprint density at radius 2 is 2.10 bits per heavy atom. The van der Waals surface area contributed by atoms with E-state index in [0.717, 1.165) is 19.4 Å². The van der Waals surface area contributed by atoms with Crippen molar-refractivity contribution >= 4 is 28.3 Å². The molecule has 2 aromatic rings. The molecule has 3 aliphatic rings. The molecule has 168 valence electrons. The Labute approximate surface area is 182 Å².